The highest BCUT2D eigenvalue weighted by Gasteiger charge is 2.28. The fourth-order valence-electron chi connectivity index (χ4n) is 3.89. The van der Waals surface area contributed by atoms with E-state index >= 15 is 0 Å². The minimum absolute atomic E-state index is 0. The number of benzene rings is 1. The van der Waals surface area contributed by atoms with E-state index in [-0.39, 0.29) is 42.0 Å². The van der Waals surface area contributed by atoms with Crippen LogP contribution in [-0.2, 0) is 24.2 Å². The molecule has 158 valence electrons. The second kappa shape index (κ2) is 9.84. The molecule has 0 bridgehead atoms. The lowest BCUT2D eigenvalue weighted by molar-refractivity contribution is -0.0605. The van der Waals surface area contributed by atoms with Crippen LogP contribution in [0.3, 0.4) is 0 Å². The second-order valence-electron chi connectivity index (χ2n) is 7.35. The van der Waals surface area contributed by atoms with Crippen LogP contribution in [0.1, 0.15) is 43.6 Å². The Morgan fingerprint density at radius 2 is 2.07 bits per heavy atom. The number of nitrogens with one attached hydrogen (secondary N) is 1. The molecular weight excluding hydrogens is 486 g/mol. The summed E-state index contributed by atoms with van der Waals surface area (Å²) in [4.78, 5) is 7.04. The van der Waals surface area contributed by atoms with Crippen LogP contribution in [0.2, 0.25) is 0 Å². The fraction of sp³-hybridized carbons (Fsp3) is 0.550. The lowest BCUT2D eigenvalue weighted by atomic mass is 10.1. The number of nitrogens with zero attached hydrogens (tertiary/aromatic N) is 5. The Labute approximate surface area is 187 Å². The van der Waals surface area contributed by atoms with E-state index in [4.69, 9.17) is 9.73 Å². The maximum absolute atomic E-state index is 13.3. The summed E-state index contributed by atoms with van der Waals surface area (Å²) in [5.41, 5.74) is 0.976. The smallest absolute Gasteiger partial charge is 0.194 e. The van der Waals surface area contributed by atoms with Gasteiger partial charge in [-0.2, -0.15) is 0 Å². The second-order valence-corrected chi connectivity index (χ2v) is 7.35. The van der Waals surface area contributed by atoms with Gasteiger partial charge in [-0.25, -0.2) is 9.38 Å². The highest BCUT2D eigenvalue weighted by molar-refractivity contribution is 14.0. The molecule has 4 rings (SSSR count). The number of halogens is 2. The van der Waals surface area contributed by atoms with Crippen LogP contribution in [-0.4, -0.2) is 51.4 Å². The molecule has 0 amide bonds. The molecule has 2 unspecified atom stereocenters. The summed E-state index contributed by atoms with van der Waals surface area (Å²) in [6, 6.07) is 6.54. The zero-order chi connectivity index (χ0) is 19.5. The molecule has 1 saturated heterocycles. The molecule has 0 radical (unpaired) electrons. The van der Waals surface area contributed by atoms with Gasteiger partial charge in [-0.3, -0.25) is 0 Å². The average Bonchev–Trinajstić information content (AvgIpc) is 3.29. The third-order valence-corrected chi connectivity index (χ3v) is 5.19. The molecule has 0 aliphatic carbocycles. The van der Waals surface area contributed by atoms with E-state index in [0.717, 1.165) is 55.6 Å². The predicted molar refractivity (Wildman–Crippen MR) is 120 cm³/mol. The van der Waals surface area contributed by atoms with E-state index in [2.05, 4.69) is 38.8 Å². The van der Waals surface area contributed by atoms with E-state index in [9.17, 15) is 4.39 Å². The lowest BCUT2D eigenvalue weighted by Gasteiger charge is -2.38. The van der Waals surface area contributed by atoms with Crippen molar-refractivity contribution >= 4 is 29.9 Å². The molecule has 2 aromatic rings. The number of hydrogen-bond donors (Lipinski definition) is 1. The van der Waals surface area contributed by atoms with Crippen LogP contribution >= 0.6 is 24.0 Å². The number of ether oxygens (including phenoxy) is 1. The molecule has 2 aliphatic heterocycles. The van der Waals surface area contributed by atoms with Gasteiger partial charge in [0.25, 0.3) is 0 Å². The van der Waals surface area contributed by atoms with E-state index in [1.807, 2.05) is 0 Å². The van der Waals surface area contributed by atoms with Gasteiger partial charge in [0.05, 0.1) is 12.6 Å². The number of aliphatic imine (C=N–C) groups is 1. The van der Waals surface area contributed by atoms with Crippen molar-refractivity contribution in [2.45, 2.75) is 52.0 Å². The van der Waals surface area contributed by atoms with Crippen LogP contribution in [0.25, 0.3) is 0 Å². The lowest BCUT2D eigenvalue weighted by Crippen LogP contribution is -2.50. The Morgan fingerprint density at radius 1 is 1.28 bits per heavy atom. The average molecular weight is 514 g/mol. The van der Waals surface area contributed by atoms with Crippen LogP contribution in [0.5, 0.6) is 0 Å². The fourth-order valence-corrected chi connectivity index (χ4v) is 3.89. The van der Waals surface area contributed by atoms with E-state index in [0.29, 0.717) is 13.1 Å². The van der Waals surface area contributed by atoms with Gasteiger partial charge in [0.15, 0.2) is 11.8 Å². The molecule has 0 saturated carbocycles. The number of guanidine groups is 1. The maximum atomic E-state index is 13.3. The third-order valence-electron chi connectivity index (χ3n) is 5.19. The molecule has 29 heavy (non-hydrogen) atoms. The minimum Gasteiger partial charge on any atom is -0.367 e. The molecule has 9 heteroatoms. The Hall–Kier alpha value is -1.75. The zero-order valence-electron chi connectivity index (χ0n) is 16.8. The van der Waals surface area contributed by atoms with Crippen LogP contribution < -0.4 is 5.32 Å². The third kappa shape index (κ3) is 5.06. The van der Waals surface area contributed by atoms with Crippen molar-refractivity contribution in [1.82, 2.24) is 25.0 Å². The van der Waals surface area contributed by atoms with Gasteiger partial charge in [-0.05, 0) is 38.0 Å². The summed E-state index contributed by atoms with van der Waals surface area (Å²) in [6.07, 6.45) is 2.05. The number of aryl methyl sites for hydroxylation is 1. The van der Waals surface area contributed by atoms with E-state index in [1.165, 1.54) is 12.1 Å². The Kier molecular flexibility index (Phi) is 7.44. The molecular formula is C20H28FIN6O. The van der Waals surface area contributed by atoms with Crippen molar-refractivity contribution in [1.29, 1.82) is 0 Å². The summed E-state index contributed by atoms with van der Waals surface area (Å²) >= 11 is 0. The standard InChI is InChI=1S/C20H27FN6O.HI/c1-3-22-20(23-11-19-25-24-18-5-4-10-27(18)19)26-12-14(2)28-17(13-26)15-6-8-16(21)9-7-15;/h6-9,14,17H,3-5,10-13H2,1-2H3,(H,22,23);1H. The molecule has 1 aromatic carbocycles. The Bertz CT molecular complexity index is 840. The number of aromatic nitrogens is 3. The van der Waals surface area contributed by atoms with Gasteiger partial charge in [0.2, 0.25) is 0 Å². The first-order chi connectivity index (χ1) is 13.6. The SMILES string of the molecule is CCNC(=NCc1nnc2n1CCC2)N1CC(C)OC(c2ccc(F)cc2)C1.I. The minimum atomic E-state index is -0.236. The largest absolute Gasteiger partial charge is 0.367 e. The van der Waals surface area contributed by atoms with Gasteiger partial charge in [-0.1, -0.05) is 12.1 Å². The quantitative estimate of drug-likeness (QED) is 0.386. The zero-order valence-corrected chi connectivity index (χ0v) is 19.2. The van der Waals surface area contributed by atoms with Crippen LogP contribution in [0.15, 0.2) is 29.3 Å². The molecule has 1 fully saturated rings. The first-order valence-electron chi connectivity index (χ1n) is 9.99. The number of fused-ring (bicyclic) bond motifs is 1. The topological polar surface area (TPSA) is 67.6 Å². The van der Waals surface area contributed by atoms with Crippen molar-refractivity contribution in [3.63, 3.8) is 0 Å². The van der Waals surface area contributed by atoms with Crippen LogP contribution in [0.4, 0.5) is 4.39 Å². The van der Waals surface area contributed by atoms with Crippen LogP contribution in [0, 0.1) is 5.82 Å². The van der Waals surface area contributed by atoms with E-state index in [1.54, 1.807) is 12.1 Å². The van der Waals surface area contributed by atoms with Gasteiger partial charge >= 0.3 is 0 Å². The summed E-state index contributed by atoms with van der Waals surface area (Å²) < 4.78 is 21.6. The first kappa shape index (κ1) is 21.9. The van der Waals surface area contributed by atoms with E-state index < -0.39 is 0 Å². The summed E-state index contributed by atoms with van der Waals surface area (Å²) in [5, 5.41) is 12.0. The molecule has 0 spiro atoms. The molecule has 3 heterocycles. The monoisotopic (exact) mass is 514 g/mol. The molecule has 1 N–H and O–H groups in total. The Morgan fingerprint density at radius 3 is 2.83 bits per heavy atom. The highest BCUT2D eigenvalue weighted by Crippen LogP contribution is 2.25. The first-order valence-corrected chi connectivity index (χ1v) is 9.99. The number of hydrogen-bond acceptors (Lipinski definition) is 4. The van der Waals surface area contributed by atoms with Crippen molar-refractivity contribution < 1.29 is 9.13 Å². The summed E-state index contributed by atoms with van der Waals surface area (Å²) in [6.45, 7) is 7.79. The number of morpholine rings is 1. The normalized spacial score (nSPS) is 21.6. The van der Waals surface area contributed by atoms with Gasteiger partial charge < -0.3 is 19.5 Å². The van der Waals surface area contributed by atoms with Crippen molar-refractivity contribution in [3.05, 3.63) is 47.3 Å². The molecule has 2 aliphatic rings. The van der Waals surface area contributed by atoms with Gasteiger partial charge in [0.1, 0.15) is 24.3 Å². The van der Waals surface area contributed by atoms with Crippen molar-refractivity contribution in [2.24, 2.45) is 4.99 Å². The molecule has 2 atom stereocenters. The Balaban J connectivity index is 0.00000240. The van der Waals surface area contributed by atoms with Gasteiger partial charge in [-0.15, -0.1) is 34.2 Å². The molecule has 1 aromatic heterocycles. The highest BCUT2D eigenvalue weighted by atomic mass is 127. The number of rotatable bonds is 4. The van der Waals surface area contributed by atoms with Crippen molar-refractivity contribution in [3.8, 4) is 0 Å². The molecule has 7 nitrogen and oxygen atoms in total. The maximum Gasteiger partial charge on any atom is 0.194 e. The summed E-state index contributed by atoms with van der Waals surface area (Å²) in [7, 11) is 0. The van der Waals surface area contributed by atoms with Gasteiger partial charge in [0, 0.05) is 26.1 Å². The predicted octanol–water partition coefficient (Wildman–Crippen LogP) is 2.91. The summed E-state index contributed by atoms with van der Waals surface area (Å²) in [5.74, 6) is 2.59. The van der Waals surface area contributed by atoms with Crippen molar-refractivity contribution in [2.75, 3.05) is 19.6 Å².